The molecular formula is C20H20N2O2S. The first-order valence-electron chi connectivity index (χ1n) is 8.49. The van der Waals surface area contributed by atoms with Crippen LogP contribution in [0.4, 0.5) is 0 Å². The van der Waals surface area contributed by atoms with E-state index in [9.17, 15) is 8.42 Å². The number of fused-ring (bicyclic) bond motifs is 1. The van der Waals surface area contributed by atoms with Crippen LogP contribution in [-0.2, 0) is 9.84 Å². The van der Waals surface area contributed by atoms with Gasteiger partial charge in [0, 0.05) is 11.9 Å². The number of benzene rings is 2. The first-order chi connectivity index (χ1) is 12.0. The van der Waals surface area contributed by atoms with E-state index in [0.717, 1.165) is 29.6 Å². The molecule has 2 aromatic carbocycles. The number of nitrogens with zero attached hydrogens (tertiary/aromatic N) is 2. The van der Waals surface area contributed by atoms with Gasteiger partial charge in [-0.3, -0.25) is 4.57 Å². The summed E-state index contributed by atoms with van der Waals surface area (Å²) in [6.07, 6.45) is 10.2. The molecule has 1 aromatic heterocycles. The number of sulfone groups is 1. The highest BCUT2D eigenvalue weighted by molar-refractivity contribution is 7.90. The molecule has 0 N–H and O–H groups in total. The third-order valence-electron chi connectivity index (χ3n) is 4.75. The number of imidazole rings is 1. The van der Waals surface area contributed by atoms with Crippen molar-refractivity contribution in [2.75, 3.05) is 6.26 Å². The zero-order valence-electron chi connectivity index (χ0n) is 14.1. The Morgan fingerprint density at radius 2 is 1.84 bits per heavy atom. The lowest BCUT2D eigenvalue weighted by atomic mass is 9.94. The molecule has 1 aliphatic carbocycles. The zero-order valence-corrected chi connectivity index (χ0v) is 15.0. The van der Waals surface area contributed by atoms with Gasteiger partial charge in [-0.15, -0.1) is 0 Å². The van der Waals surface area contributed by atoms with Crippen LogP contribution in [0.2, 0.25) is 0 Å². The Morgan fingerprint density at radius 1 is 1.04 bits per heavy atom. The summed E-state index contributed by atoms with van der Waals surface area (Å²) in [5, 5.41) is 0. The Morgan fingerprint density at radius 3 is 2.52 bits per heavy atom. The van der Waals surface area contributed by atoms with Gasteiger partial charge in [0.15, 0.2) is 9.84 Å². The second-order valence-corrected chi connectivity index (χ2v) is 8.58. The Labute approximate surface area is 147 Å². The summed E-state index contributed by atoms with van der Waals surface area (Å²) in [6, 6.07) is 13.5. The van der Waals surface area contributed by atoms with Crippen LogP contribution in [-0.4, -0.2) is 24.2 Å². The van der Waals surface area contributed by atoms with Crippen LogP contribution in [0.25, 0.3) is 22.3 Å². The number of rotatable bonds is 3. The molecule has 5 heteroatoms. The molecule has 3 aromatic rings. The van der Waals surface area contributed by atoms with Gasteiger partial charge in [0.05, 0.1) is 15.9 Å². The third-order valence-corrected chi connectivity index (χ3v) is 5.86. The number of allylic oxidation sites excluding steroid dienone is 2. The average molecular weight is 352 g/mol. The van der Waals surface area contributed by atoms with Crippen LogP contribution in [0.15, 0.2) is 59.8 Å². The molecule has 0 spiro atoms. The number of aromatic nitrogens is 2. The molecular weight excluding hydrogens is 332 g/mol. The minimum atomic E-state index is -3.24. The summed E-state index contributed by atoms with van der Waals surface area (Å²) in [5.41, 5.74) is 5.25. The molecule has 0 saturated carbocycles. The maximum absolute atomic E-state index is 11.8. The molecule has 1 heterocycles. The Bertz CT molecular complexity index is 1060. The predicted molar refractivity (Wildman–Crippen MR) is 101 cm³/mol. The monoisotopic (exact) mass is 352 g/mol. The van der Waals surface area contributed by atoms with Crippen molar-refractivity contribution >= 4 is 26.4 Å². The summed E-state index contributed by atoms with van der Waals surface area (Å²) in [4.78, 5) is 4.70. The van der Waals surface area contributed by atoms with Gasteiger partial charge < -0.3 is 0 Å². The fourth-order valence-corrected chi connectivity index (χ4v) is 4.00. The van der Waals surface area contributed by atoms with Gasteiger partial charge in [0.2, 0.25) is 0 Å². The first kappa shape index (κ1) is 16.1. The molecule has 25 heavy (non-hydrogen) atoms. The summed E-state index contributed by atoms with van der Waals surface area (Å²) in [5.74, 6) is 0. The Balaban J connectivity index is 1.75. The van der Waals surface area contributed by atoms with Gasteiger partial charge in [0.25, 0.3) is 0 Å². The maximum atomic E-state index is 11.8. The number of hydrogen-bond acceptors (Lipinski definition) is 3. The van der Waals surface area contributed by atoms with Crippen molar-refractivity contribution in [3.05, 3.63) is 60.4 Å². The molecule has 4 rings (SSSR count). The molecule has 0 amide bonds. The molecule has 0 saturated heterocycles. The van der Waals surface area contributed by atoms with E-state index in [1.54, 1.807) is 24.5 Å². The molecule has 1 aliphatic rings. The summed E-state index contributed by atoms with van der Waals surface area (Å²) >= 11 is 0. The average Bonchev–Trinajstić information content (AvgIpc) is 3.05. The zero-order chi connectivity index (χ0) is 17.4. The van der Waals surface area contributed by atoms with E-state index in [0.29, 0.717) is 4.90 Å². The van der Waals surface area contributed by atoms with Crippen LogP contribution >= 0.6 is 0 Å². The van der Waals surface area contributed by atoms with E-state index in [1.165, 1.54) is 30.2 Å². The van der Waals surface area contributed by atoms with Crippen molar-refractivity contribution in [1.82, 2.24) is 9.55 Å². The summed E-state index contributed by atoms with van der Waals surface area (Å²) < 4.78 is 25.6. The summed E-state index contributed by atoms with van der Waals surface area (Å²) in [6.45, 7) is 0. The normalized spacial score (nSPS) is 15.3. The largest absolute Gasteiger partial charge is 0.299 e. The Hall–Kier alpha value is -2.40. The first-order valence-corrected chi connectivity index (χ1v) is 10.4. The lowest BCUT2D eigenvalue weighted by Crippen LogP contribution is -1.98. The minimum absolute atomic E-state index is 0.311. The maximum Gasteiger partial charge on any atom is 0.175 e. The molecule has 0 bridgehead atoms. The van der Waals surface area contributed by atoms with Crippen LogP contribution in [0.5, 0.6) is 0 Å². The van der Waals surface area contributed by atoms with Crippen molar-refractivity contribution in [3.63, 3.8) is 0 Å². The fourth-order valence-electron chi connectivity index (χ4n) is 3.36. The number of hydrogen-bond donors (Lipinski definition) is 0. The molecule has 128 valence electrons. The molecule has 0 fully saturated rings. The van der Waals surface area contributed by atoms with Crippen molar-refractivity contribution in [3.8, 4) is 5.69 Å². The summed E-state index contributed by atoms with van der Waals surface area (Å²) in [7, 11) is -3.24. The SMILES string of the molecule is CS(=O)(=O)c1ccc2ncn(-c3ccc(C4=CCCCC4)cc3)c2c1. The van der Waals surface area contributed by atoms with Gasteiger partial charge in [-0.2, -0.15) is 0 Å². The van der Waals surface area contributed by atoms with E-state index in [-0.39, 0.29) is 0 Å². The molecule has 0 aliphatic heterocycles. The van der Waals surface area contributed by atoms with Crippen LogP contribution in [0, 0.1) is 0 Å². The molecule has 0 radical (unpaired) electrons. The minimum Gasteiger partial charge on any atom is -0.299 e. The lowest BCUT2D eigenvalue weighted by Gasteiger charge is -2.13. The fraction of sp³-hybridized carbons (Fsp3) is 0.250. The van der Waals surface area contributed by atoms with Crippen molar-refractivity contribution in [2.45, 2.75) is 30.6 Å². The highest BCUT2D eigenvalue weighted by Gasteiger charge is 2.12. The van der Waals surface area contributed by atoms with Crippen molar-refractivity contribution in [1.29, 1.82) is 0 Å². The highest BCUT2D eigenvalue weighted by atomic mass is 32.2. The highest BCUT2D eigenvalue weighted by Crippen LogP contribution is 2.28. The second-order valence-electron chi connectivity index (χ2n) is 6.56. The second kappa shape index (κ2) is 6.15. The Kier molecular flexibility index (Phi) is 3.96. The van der Waals surface area contributed by atoms with Crippen LogP contribution < -0.4 is 0 Å². The van der Waals surface area contributed by atoms with E-state index >= 15 is 0 Å². The van der Waals surface area contributed by atoms with Crippen LogP contribution in [0.3, 0.4) is 0 Å². The van der Waals surface area contributed by atoms with Gasteiger partial charge in [-0.1, -0.05) is 18.2 Å². The third kappa shape index (κ3) is 3.12. The topological polar surface area (TPSA) is 52.0 Å². The van der Waals surface area contributed by atoms with Crippen LogP contribution in [0.1, 0.15) is 31.2 Å². The quantitative estimate of drug-likeness (QED) is 0.702. The van der Waals surface area contributed by atoms with E-state index in [2.05, 4.69) is 35.3 Å². The van der Waals surface area contributed by atoms with E-state index < -0.39 is 9.84 Å². The van der Waals surface area contributed by atoms with Crippen molar-refractivity contribution < 1.29 is 8.42 Å². The van der Waals surface area contributed by atoms with Gasteiger partial charge >= 0.3 is 0 Å². The van der Waals surface area contributed by atoms with E-state index in [4.69, 9.17) is 0 Å². The molecule has 0 atom stereocenters. The van der Waals surface area contributed by atoms with E-state index in [1.807, 2.05) is 4.57 Å². The van der Waals surface area contributed by atoms with Gasteiger partial charge in [0.1, 0.15) is 6.33 Å². The van der Waals surface area contributed by atoms with Gasteiger partial charge in [-0.25, -0.2) is 13.4 Å². The molecule has 4 nitrogen and oxygen atoms in total. The predicted octanol–water partition coefficient (Wildman–Crippen LogP) is 4.39. The van der Waals surface area contributed by atoms with Crippen molar-refractivity contribution in [2.24, 2.45) is 0 Å². The standard InChI is InChI=1S/C20H20N2O2S/c1-25(23,24)18-11-12-19-20(13-18)22(14-21-19)17-9-7-16(8-10-17)15-5-3-2-4-6-15/h5,7-14H,2-4,6H2,1H3. The lowest BCUT2D eigenvalue weighted by molar-refractivity contribution is 0.602. The molecule has 0 unspecified atom stereocenters. The van der Waals surface area contributed by atoms with Gasteiger partial charge in [-0.05, 0) is 67.2 Å². The smallest absolute Gasteiger partial charge is 0.175 e.